The molecule has 4 aromatic heterocycles. The fraction of sp³-hybridized carbons (Fsp3) is 0.100. The van der Waals surface area contributed by atoms with Crippen molar-refractivity contribution in [2.45, 2.75) is 13.0 Å². The van der Waals surface area contributed by atoms with Gasteiger partial charge in [-0.25, -0.2) is 4.52 Å². The summed E-state index contributed by atoms with van der Waals surface area (Å²) >= 11 is 1.66. The van der Waals surface area contributed by atoms with E-state index in [1.165, 1.54) is 0 Å². The van der Waals surface area contributed by atoms with Crippen molar-refractivity contribution in [3.8, 4) is 23.0 Å². The van der Waals surface area contributed by atoms with Gasteiger partial charge in [0.05, 0.1) is 23.3 Å². The third kappa shape index (κ3) is 4.19. The fourth-order valence-corrected chi connectivity index (χ4v) is 5.93. The molecule has 7 nitrogen and oxygen atoms in total. The number of nitrogens with zero attached hydrogens (tertiary/aromatic N) is 4. The van der Waals surface area contributed by atoms with Crippen LogP contribution in [0.1, 0.15) is 39.3 Å². The number of anilines is 1. The van der Waals surface area contributed by atoms with E-state index in [0.29, 0.717) is 11.1 Å². The van der Waals surface area contributed by atoms with Crippen LogP contribution in [0.2, 0.25) is 0 Å². The van der Waals surface area contributed by atoms with E-state index in [1.807, 2.05) is 68.7 Å². The smallest absolute Gasteiger partial charge is 0.257 e. The number of pyridine rings is 1. The summed E-state index contributed by atoms with van der Waals surface area (Å²) in [6.45, 7) is 2.00. The monoisotopic (exact) mass is 516 g/mol. The van der Waals surface area contributed by atoms with E-state index in [9.17, 15) is 4.79 Å². The van der Waals surface area contributed by atoms with Crippen molar-refractivity contribution in [2.75, 3.05) is 5.73 Å². The number of amides is 1. The highest BCUT2D eigenvalue weighted by atomic mass is 32.1. The zero-order valence-electron chi connectivity index (χ0n) is 20.8. The van der Waals surface area contributed by atoms with Crippen LogP contribution in [0.3, 0.4) is 0 Å². The Morgan fingerprint density at radius 3 is 2.66 bits per heavy atom. The minimum atomic E-state index is -0.285. The molecule has 6 rings (SSSR count). The van der Waals surface area contributed by atoms with Crippen LogP contribution in [-0.4, -0.2) is 25.3 Å². The van der Waals surface area contributed by atoms with Gasteiger partial charge >= 0.3 is 0 Å². The summed E-state index contributed by atoms with van der Waals surface area (Å²) in [4.78, 5) is 14.5. The highest BCUT2D eigenvalue weighted by Crippen LogP contribution is 2.43. The van der Waals surface area contributed by atoms with Gasteiger partial charge in [-0.1, -0.05) is 54.3 Å². The number of nitrogen functional groups attached to an aromatic ring is 1. The predicted octanol–water partition coefficient (Wildman–Crippen LogP) is 5.42. The van der Waals surface area contributed by atoms with E-state index in [2.05, 4.69) is 45.6 Å². The van der Waals surface area contributed by atoms with E-state index in [-0.39, 0.29) is 17.8 Å². The minimum Gasteiger partial charge on any atom is -0.382 e. The summed E-state index contributed by atoms with van der Waals surface area (Å²) in [5, 5.41) is 12.8. The van der Waals surface area contributed by atoms with E-state index >= 15 is 0 Å². The van der Waals surface area contributed by atoms with Gasteiger partial charge < -0.3 is 11.1 Å². The number of rotatable bonds is 4. The second-order valence-electron chi connectivity index (χ2n) is 9.02. The van der Waals surface area contributed by atoms with Gasteiger partial charge in [-0.15, -0.1) is 16.4 Å². The van der Waals surface area contributed by atoms with Crippen molar-refractivity contribution in [1.29, 1.82) is 0 Å². The molecule has 0 spiro atoms. The molecule has 6 aromatic rings. The third-order valence-electron chi connectivity index (χ3n) is 6.39. The van der Waals surface area contributed by atoms with Gasteiger partial charge in [-0.3, -0.25) is 9.48 Å². The summed E-state index contributed by atoms with van der Waals surface area (Å²) in [5.41, 5.74) is 11.1. The van der Waals surface area contributed by atoms with Crippen molar-refractivity contribution in [2.24, 2.45) is 7.05 Å². The van der Waals surface area contributed by atoms with Crippen molar-refractivity contribution >= 4 is 38.7 Å². The number of carbonyl (C=O) groups excluding carboxylic acids is 1. The lowest BCUT2D eigenvalue weighted by atomic mass is 9.96. The number of thiophene rings is 1. The molecule has 0 radical (unpaired) electrons. The topological polar surface area (TPSA) is 90.2 Å². The zero-order chi connectivity index (χ0) is 26.2. The van der Waals surface area contributed by atoms with Crippen LogP contribution in [0.15, 0.2) is 85.3 Å². The van der Waals surface area contributed by atoms with Gasteiger partial charge in [0.2, 0.25) is 0 Å². The molecule has 38 heavy (non-hydrogen) atoms. The minimum absolute atomic E-state index is 0.202. The largest absolute Gasteiger partial charge is 0.382 e. The van der Waals surface area contributed by atoms with Crippen LogP contribution in [0.4, 0.5) is 5.82 Å². The van der Waals surface area contributed by atoms with Crippen LogP contribution >= 0.6 is 11.3 Å². The van der Waals surface area contributed by atoms with Gasteiger partial charge in [0.1, 0.15) is 5.56 Å². The molecule has 0 aliphatic heterocycles. The molecule has 1 atom stereocenters. The molecule has 4 heterocycles. The lowest BCUT2D eigenvalue weighted by Gasteiger charge is -2.15. The first-order chi connectivity index (χ1) is 18.5. The van der Waals surface area contributed by atoms with Crippen molar-refractivity contribution in [3.63, 3.8) is 0 Å². The van der Waals surface area contributed by atoms with Crippen molar-refractivity contribution in [3.05, 3.63) is 107 Å². The summed E-state index contributed by atoms with van der Waals surface area (Å²) < 4.78 is 4.47. The molecule has 0 bridgehead atoms. The van der Waals surface area contributed by atoms with E-state index in [4.69, 9.17) is 5.73 Å². The Labute approximate surface area is 223 Å². The summed E-state index contributed by atoms with van der Waals surface area (Å²) in [7, 11) is 1.88. The number of fused-ring (bicyclic) bond motifs is 2. The SMILES string of the molecule is C[C@H](NC(=O)c1c(N)nn2ccccc12)c1sc2cccc(C#Cc3cnn(C)c3)c2c1-c1ccccc1. The molecule has 1 amide bonds. The number of nitrogens with two attached hydrogens (primary N) is 1. The first-order valence-electron chi connectivity index (χ1n) is 12.1. The summed E-state index contributed by atoms with van der Waals surface area (Å²) in [5.74, 6) is 6.54. The standard InChI is InChI=1S/C30H24N6OS/c1-19(33-30(37)27-23-12-6-7-16-36(23)34-29(27)31)28-26(21-9-4-3-5-10-21)25-22(11-8-13-24(25)38-28)15-14-20-17-32-35(2)18-20/h3-13,16-19H,1-2H3,(H2,31,34)(H,33,37)/t19-/m0/s1. The maximum absolute atomic E-state index is 13.4. The number of aryl methyl sites for hydroxylation is 1. The Bertz CT molecular complexity index is 1870. The van der Waals surface area contributed by atoms with Crippen LogP contribution in [0.5, 0.6) is 0 Å². The number of aromatic nitrogens is 4. The molecule has 0 saturated carbocycles. The third-order valence-corrected chi connectivity index (χ3v) is 7.72. The Hall–Kier alpha value is -4.87. The molecule has 0 aliphatic carbocycles. The number of nitrogens with one attached hydrogen (secondary N) is 1. The number of hydrogen-bond acceptors (Lipinski definition) is 5. The Morgan fingerprint density at radius 2 is 1.87 bits per heavy atom. The molecule has 0 aliphatic rings. The number of hydrogen-bond donors (Lipinski definition) is 2. The maximum Gasteiger partial charge on any atom is 0.257 e. The normalized spacial score (nSPS) is 11.8. The highest BCUT2D eigenvalue weighted by molar-refractivity contribution is 7.19. The van der Waals surface area contributed by atoms with Crippen LogP contribution in [0, 0.1) is 11.8 Å². The zero-order valence-corrected chi connectivity index (χ0v) is 21.7. The average molecular weight is 517 g/mol. The quantitative estimate of drug-likeness (QED) is 0.306. The van der Waals surface area contributed by atoms with Crippen LogP contribution in [0.25, 0.3) is 26.7 Å². The Balaban J connectivity index is 1.45. The molecule has 186 valence electrons. The first kappa shape index (κ1) is 23.5. The molecule has 8 heteroatoms. The first-order valence-corrected chi connectivity index (χ1v) is 13.0. The average Bonchev–Trinajstić information content (AvgIpc) is 3.62. The molecule has 0 fully saturated rings. The van der Waals surface area contributed by atoms with Crippen molar-refractivity contribution in [1.82, 2.24) is 24.7 Å². The van der Waals surface area contributed by atoms with Gasteiger partial charge in [0.15, 0.2) is 5.82 Å². The molecule has 0 unspecified atom stereocenters. The number of carbonyl (C=O) groups is 1. The molecule has 2 aromatic carbocycles. The highest BCUT2D eigenvalue weighted by Gasteiger charge is 2.24. The molecule has 3 N–H and O–H groups in total. The van der Waals surface area contributed by atoms with E-state index in [1.54, 1.807) is 32.9 Å². The predicted molar refractivity (Wildman–Crippen MR) is 152 cm³/mol. The lowest BCUT2D eigenvalue weighted by molar-refractivity contribution is 0.0943. The van der Waals surface area contributed by atoms with Gasteiger partial charge in [-0.2, -0.15) is 5.10 Å². The fourth-order valence-electron chi connectivity index (χ4n) is 4.68. The Kier molecular flexibility index (Phi) is 5.91. The van der Waals surface area contributed by atoms with Gasteiger partial charge in [0, 0.05) is 45.5 Å². The van der Waals surface area contributed by atoms with Crippen molar-refractivity contribution < 1.29 is 4.79 Å². The molecular weight excluding hydrogens is 492 g/mol. The van der Waals surface area contributed by atoms with E-state index < -0.39 is 0 Å². The maximum atomic E-state index is 13.4. The number of benzene rings is 2. The second-order valence-corrected chi connectivity index (χ2v) is 10.1. The van der Waals surface area contributed by atoms with Gasteiger partial charge in [0.25, 0.3) is 5.91 Å². The molecular formula is C30H24N6OS. The summed E-state index contributed by atoms with van der Waals surface area (Å²) in [6, 6.07) is 21.7. The lowest BCUT2D eigenvalue weighted by Crippen LogP contribution is -2.27. The van der Waals surface area contributed by atoms with Crippen LogP contribution in [-0.2, 0) is 7.05 Å². The summed E-state index contributed by atoms with van der Waals surface area (Å²) in [6.07, 6.45) is 5.43. The Morgan fingerprint density at radius 1 is 1.05 bits per heavy atom. The van der Waals surface area contributed by atoms with Gasteiger partial charge in [-0.05, 0) is 36.8 Å². The van der Waals surface area contributed by atoms with Crippen LogP contribution < -0.4 is 11.1 Å². The second kappa shape index (κ2) is 9.54. The molecule has 0 saturated heterocycles. The van der Waals surface area contributed by atoms with E-state index in [0.717, 1.165) is 37.2 Å².